The van der Waals surface area contributed by atoms with Crippen LogP contribution >= 0.6 is 23.4 Å². The van der Waals surface area contributed by atoms with Gasteiger partial charge in [-0.3, -0.25) is 0 Å². The van der Waals surface area contributed by atoms with E-state index >= 15 is 0 Å². The molecule has 2 N–H and O–H groups in total. The molecule has 7 heteroatoms. The summed E-state index contributed by atoms with van der Waals surface area (Å²) in [5, 5.41) is 1.38. The first-order valence-electron chi connectivity index (χ1n) is 5.04. The number of hydrogen-bond donors (Lipinski definition) is 1. The Morgan fingerprint density at radius 2 is 2.00 bits per heavy atom. The Morgan fingerprint density at radius 1 is 1.17 bits per heavy atom. The Hall–Kier alpha value is -1.79. The number of oxazole rings is 1. The van der Waals surface area contributed by atoms with Gasteiger partial charge < -0.3 is 10.2 Å². The van der Waals surface area contributed by atoms with Crippen molar-refractivity contribution in [1.29, 1.82) is 0 Å². The van der Waals surface area contributed by atoms with Gasteiger partial charge in [-0.05, 0) is 23.9 Å². The fourth-order valence-electron chi connectivity index (χ4n) is 1.45. The number of nitrogens with zero attached hydrogens (tertiary/aromatic N) is 3. The van der Waals surface area contributed by atoms with Crippen molar-refractivity contribution in [2.45, 2.75) is 10.2 Å². The molecule has 0 spiro atoms. The first-order chi connectivity index (χ1) is 8.70. The van der Waals surface area contributed by atoms with Crippen molar-refractivity contribution in [1.82, 2.24) is 15.0 Å². The van der Waals surface area contributed by atoms with Crippen LogP contribution in [-0.2, 0) is 0 Å². The summed E-state index contributed by atoms with van der Waals surface area (Å²) >= 11 is 7.05. The molecule has 18 heavy (non-hydrogen) atoms. The molecule has 2 aromatic heterocycles. The largest absolute Gasteiger partial charge is 0.431 e. The monoisotopic (exact) mass is 278 g/mol. The van der Waals surface area contributed by atoms with Crippen molar-refractivity contribution in [3.63, 3.8) is 0 Å². The van der Waals surface area contributed by atoms with Gasteiger partial charge in [-0.2, -0.15) is 0 Å². The van der Waals surface area contributed by atoms with Gasteiger partial charge in [-0.15, -0.1) is 0 Å². The molecule has 0 radical (unpaired) electrons. The van der Waals surface area contributed by atoms with Crippen molar-refractivity contribution < 1.29 is 4.42 Å². The number of anilines is 1. The lowest BCUT2D eigenvalue weighted by molar-refractivity contribution is 0.489. The number of aromatic nitrogens is 3. The predicted octanol–water partition coefficient (Wildman–Crippen LogP) is 3.00. The fourth-order valence-corrected chi connectivity index (χ4v) is 2.47. The van der Waals surface area contributed by atoms with Gasteiger partial charge in [-0.1, -0.05) is 23.7 Å². The zero-order valence-electron chi connectivity index (χ0n) is 9.00. The number of rotatable bonds is 2. The number of benzene rings is 1. The number of fused-ring (bicyclic) bond motifs is 1. The molecule has 2 heterocycles. The maximum absolute atomic E-state index is 5.80. The summed E-state index contributed by atoms with van der Waals surface area (Å²) in [5.41, 5.74) is 7.05. The van der Waals surface area contributed by atoms with Crippen LogP contribution in [0.3, 0.4) is 0 Å². The lowest BCUT2D eigenvalue weighted by Crippen LogP contribution is -1.95. The molecule has 1 aromatic carbocycles. The van der Waals surface area contributed by atoms with Crippen LogP contribution in [0.25, 0.3) is 11.1 Å². The van der Waals surface area contributed by atoms with Crippen LogP contribution in [0.15, 0.2) is 45.0 Å². The van der Waals surface area contributed by atoms with E-state index in [0.29, 0.717) is 15.4 Å². The molecule has 0 saturated heterocycles. The Balaban J connectivity index is 1.96. The lowest BCUT2D eigenvalue weighted by Gasteiger charge is -1.98. The number of hydrogen-bond acceptors (Lipinski definition) is 6. The Bertz CT molecular complexity index is 662. The molecule has 0 aliphatic heterocycles. The average molecular weight is 279 g/mol. The maximum atomic E-state index is 5.80. The minimum atomic E-state index is 0.126. The van der Waals surface area contributed by atoms with Gasteiger partial charge in [0, 0.05) is 6.07 Å². The second-order valence-electron chi connectivity index (χ2n) is 3.44. The van der Waals surface area contributed by atoms with Crippen LogP contribution in [0.5, 0.6) is 0 Å². The van der Waals surface area contributed by atoms with Gasteiger partial charge in [-0.25, -0.2) is 15.0 Å². The van der Waals surface area contributed by atoms with Gasteiger partial charge >= 0.3 is 0 Å². The first kappa shape index (κ1) is 11.3. The van der Waals surface area contributed by atoms with Gasteiger partial charge in [0.2, 0.25) is 5.95 Å². The Morgan fingerprint density at radius 3 is 2.78 bits per heavy atom. The molecule has 3 aromatic rings. The van der Waals surface area contributed by atoms with E-state index in [0.717, 1.165) is 11.1 Å². The van der Waals surface area contributed by atoms with E-state index in [4.69, 9.17) is 21.8 Å². The normalized spacial score (nSPS) is 10.9. The van der Waals surface area contributed by atoms with Gasteiger partial charge in [0.05, 0.1) is 0 Å². The van der Waals surface area contributed by atoms with Crippen LogP contribution in [0.4, 0.5) is 5.95 Å². The molecule has 90 valence electrons. The molecule has 0 unspecified atom stereocenters. The Labute approximate surface area is 111 Å². The number of para-hydroxylation sites is 2. The molecule has 5 nitrogen and oxygen atoms in total. The van der Waals surface area contributed by atoms with Crippen LogP contribution in [0.1, 0.15) is 0 Å². The maximum Gasteiger partial charge on any atom is 0.263 e. The molecular formula is C11H7ClN4OS. The van der Waals surface area contributed by atoms with Crippen LogP contribution in [-0.4, -0.2) is 15.0 Å². The van der Waals surface area contributed by atoms with E-state index in [2.05, 4.69) is 15.0 Å². The smallest absolute Gasteiger partial charge is 0.263 e. The fraction of sp³-hybridized carbons (Fsp3) is 0. The molecule has 0 atom stereocenters. The second kappa shape index (κ2) is 4.47. The summed E-state index contributed by atoms with van der Waals surface area (Å²) in [5.74, 6) is 0.126. The highest BCUT2D eigenvalue weighted by Crippen LogP contribution is 2.29. The third-order valence-electron chi connectivity index (χ3n) is 2.15. The molecule has 0 aliphatic carbocycles. The molecule has 0 aliphatic rings. The highest BCUT2D eigenvalue weighted by molar-refractivity contribution is 7.99. The third-order valence-corrected chi connectivity index (χ3v) is 3.12. The molecule has 0 saturated carbocycles. The summed E-state index contributed by atoms with van der Waals surface area (Å²) in [6, 6.07) is 9.13. The number of nitrogen functional groups attached to an aromatic ring is 1. The van der Waals surface area contributed by atoms with Crippen molar-refractivity contribution >= 4 is 40.4 Å². The summed E-state index contributed by atoms with van der Waals surface area (Å²) in [7, 11) is 0. The van der Waals surface area contributed by atoms with E-state index < -0.39 is 0 Å². The summed E-state index contributed by atoms with van der Waals surface area (Å²) in [4.78, 5) is 12.2. The minimum absolute atomic E-state index is 0.126. The van der Waals surface area contributed by atoms with E-state index in [9.17, 15) is 0 Å². The van der Waals surface area contributed by atoms with Crippen molar-refractivity contribution in [2.75, 3.05) is 5.73 Å². The van der Waals surface area contributed by atoms with E-state index in [-0.39, 0.29) is 5.95 Å². The molecule has 3 rings (SSSR count). The van der Waals surface area contributed by atoms with Crippen molar-refractivity contribution in [3.8, 4) is 0 Å². The summed E-state index contributed by atoms with van der Waals surface area (Å²) in [6.07, 6.45) is 0. The van der Waals surface area contributed by atoms with Gasteiger partial charge in [0.15, 0.2) is 5.58 Å². The van der Waals surface area contributed by atoms with Gasteiger partial charge in [0.25, 0.3) is 5.22 Å². The van der Waals surface area contributed by atoms with Crippen LogP contribution < -0.4 is 5.73 Å². The second-order valence-corrected chi connectivity index (χ2v) is 4.80. The average Bonchev–Trinajstić information content (AvgIpc) is 2.69. The topological polar surface area (TPSA) is 77.8 Å². The molecule has 0 fully saturated rings. The Kier molecular flexibility index (Phi) is 2.81. The predicted molar refractivity (Wildman–Crippen MR) is 69.6 cm³/mol. The van der Waals surface area contributed by atoms with E-state index in [1.807, 2.05) is 24.3 Å². The molecular weight excluding hydrogens is 272 g/mol. The zero-order valence-corrected chi connectivity index (χ0v) is 10.6. The SMILES string of the molecule is Nc1nc(Cl)cc(Sc2nc3ccccc3o2)n1. The van der Waals surface area contributed by atoms with E-state index in [1.165, 1.54) is 11.8 Å². The van der Waals surface area contributed by atoms with Gasteiger partial charge in [0.1, 0.15) is 15.7 Å². The molecule has 0 amide bonds. The molecule has 0 bridgehead atoms. The van der Waals surface area contributed by atoms with E-state index in [1.54, 1.807) is 6.07 Å². The van der Waals surface area contributed by atoms with Crippen LogP contribution in [0, 0.1) is 0 Å². The highest BCUT2D eigenvalue weighted by atomic mass is 35.5. The number of nitrogens with two attached hydrogens (primary N) is 1. The van der Waals surface area contributed by atoms with Crippen molar-refractivity contribution in [3.05, 3.63) is 35.5 Å². The summed E-state index contributed by atoms with van der Waals surface area (Å²) < 4.78 is 5.56. The van der Waals surface area contributed by atoms with Crippen molar-refractivity contribution in [2.24, 2.45) is 0 Å². The zero-order chi connectivity index (χ0) is 12.5. The van der Waals surface area contributed by atoms with Crippen LogP contribution in [0.2, 0.25) is 5.15 Å². The quantitative estimate of drug-likeness (QED) is 0.726. The standard InChI is InChI=1S/C11H7ClN4OS/c12-8-5-9(16-10(13)15-8)18-11-14-6-3-1-2-4-7(6)17-11/h1-5H,(H2,13,15,16). The minimum Gasteiger partial charge on any atom is -0.431 e. The first-order valence-corrected chi connectivity index (χ1v) is 6.23. The number of halogens is 1. The summed E-state index contributed by atoms with van der Waals surface area (Å²) in [6.45, 7) is 0. The lowest BCUT2D eigenvalue weighted by atomic mass is 10.3. The third kappa shape index (κ3) is 2.25. The highest BCUT2D eigenvalue weighted by Gasteiger charge is 2.09.